The number of nitrogens with one attached hydrogen (secondary N) is 1. The van der Waals surface area contributed by atoms with Gasteiger partial charge in [-0.1, -0.05) is 18.2 Å². The summed E-state index contributed by atoms with van der Waals surface area (Å²) in [5.74, 6) is 0.696. The van der Waals surface area contributed by atoms with Crippen LogP contribution >= 0.6 is 0 Å². The minimum Gasteiger partial charge on any atom is -0.496 e. The summed E-state index contributed by atoms with van der Waals surface area (Å²) in [7, 11) is 3.69. The molecule has 1 atom stereocenters. The molecule has 1 heterocycles. The number of amides is 1. The number of hydrogen-bond donors (Lipinski definition) is 1. The lowest BCUT2D eigenvalue weighted by molar-refractivity contribution is 0.0939. The first-order valence-corrected chi connectivity index (χ1v) is 8.43. The summed E-state index contributed by atoms with van der Waals surface area (Å²) in [6.07, 6.45) is 0. The third kappa shape index (κ3) is 3.00. The van der Waals surface area contributed by atoms with E-state index >= 15 is 0 Å². The lowest BCUT2D eigenvalue weighted by atomic mass is 10.1. The number of ether oxygens (including phenoxy) is 1. The summed E-state index contributed by atoms with van der Waals surface area (Å²) in [6, 6.07) is 13.5. The molecule has 0 aliphatic heterocycles. The Labute approximate surface area is 148 Å². The lowest BCUT2D eigenvalue weighted by Crippen LogP contribution is -2.26. The third-order valence-corrected chi connectivity index (χ3v) is 5.02. The van der Waals surface area contributed by atoms with Gasteiger partial charge in [-0.25, -0.2) is 0 Å². The first kappa shape index (κ1) is 17.1. The second-order valence-electron chi connectivity index (χ2n) is 6.44. The van der Waals surface area contributed by atoms with Gasteiger partial charge in [0.05, 0.1) is 13.2 Å². The summed E-state index contributed by atoms with van der Waals surface area (Å²) in [5, 5.41) is 4.19. The monoisotopic (exact) mass is 336 g/mol. The normalized spacial score (nSPS) is 12.2. The number of hydrogen-bond acceptors (Lipinski definition) is 2. The molecule has 0 radical (unpaired) electrons. The molecular formula is C21H24N2O2. The highest BCUT2D eigenvalue weighted by molar-refractivity contribution is 5.99. The van der Waals surface area contributed by atoms with E-state index in [2.05, 4.69) is 23.7 Å². The van der Waals surface area contributed by atoms with Crippen molar-refractivity contribution in [1.29, 1.82) is 0 Å². The van der Waals surface area contributed by atoms with Crippen molar-refractivity contribution in [3.63, 3.8) is 0 Å². The number of carbonyl (C=O) groups excluding carboxylic acids is 1. The number of rotatable bonds is 4. The Bertz CT molecular complexity index is 940. The van der Waals surface area contributed by atoms with E-state index in [9.17, 15) is 4.79 Å². The first-order valence-electron chi connectivity index (χ1n) is 8.43. The maximum Gasteiger partial charge on any atom is 0.251 e. The number of methoxy groups -OCH3 is 1. The zero-order valence-corrected chi connectivity index (χ0v) is 15.4. The Kier molecular flexibility index (Phi) is 4.53. The van der Waals surface area contributed by atoms with Crippen molar-refractivity contribution in [3.8, 4) is 5.75 Å². The fraction of sp³-hybridized carbons (Fsp3) is 0.286. The molecule has 130 valence electrons. The number of aromatic nitrogens is 1. The molecule has 2 aromatic carbocycles. The van der Waals surface area contributed by atoms with Gasteiger partial charge in [0.1, 0.15) is 5.75 Å². The van der Waals surface area contributed by atoms with Gasteiger partial charge in [-0.15, -0.1) is 0 Å². The highest BCUT2D eigenvalue weighted by Crippen LogP contribution is 2.27. The van der Waals surface area contributed by atoms with Gasteiger partial charge < -0.3 is 14.6 Å². The van der Waals surface area contributed by atoms with Crippen molar-refractivity contribution >= 4 is 16.8 Å². The summed E-state index contributed by atoms with van der Waals surface area (Å²) in [4.78, 5) is 12.7. The Balaban J connectivity index is 1.88. The van der Waals surface area contributed by atoms with E-state index < -0.39 is 0 Å². The summed E-state index contributed by atoms with van der Waals surface area (Å²) >= 11 is 0. The van der Waals surface area contributed by atoms with E-state index in [1.54, 1.807) is 7.11 Å². The number of carbonyl (C=O) groups is 1. The van der Waals surface area contributed by atoms with Gasteiger partial charge in [0, 0.05) is 34.8 Å². The van der Waals surface area contributed by atoms with Gasteiger partial charge in [0.25, 0.3) is 5.91 Å². The van der Waals surface area contributed by atoms with Crippen LogP contribution < -0.4 is 10.1 Å². The Morgan fingerprint density at radius 1 is 1.16 bits per heavy atom. The minimum absolute atomic E-state index is 0.0822. The summed E-state index contributed by atoms with van der Waals surface area (Å²) in [6.45, 7) is 6.15. The van der Waals surface area contributed by atoms with Crippen molar-refractivity contribution in [2.75, 3.05) is 7.11 Å². The molecule has 1 N–H and O–H groups in total. The Morgan fingerprint density at radius 3 is 2.60 bits per heavy atom. The Hall–Kier alpha value is -2.75. The van der Waals surface area contributed by atoms with Crippen molar-refractivity contribution in [2.24, 2.45) is 7.05 Å². The molecule has 0 aliphatic rings. The van der Waals surface area contributed by atoms with Crippen molar-refractivity contribution in [1.82, 2.24) is 9.88 Å². The first-order chi connectivity index (χ1) is 11.9. The van der Waals surface area contributed by atoms with Crippen molar-refractivity contribution < 1.29 is 9.53 Å². The SMILES string of the molecule is COc1ccccc1[C@H](C)NC(=O)c1ccc2c(c1)c(C)c(C)n2C. The largest absolute Gasteiger partial charge is 0.496 e. The predicted octanol–water partition coefficient (Wildman–Crippen LogP) is 4.29. The van der Waals surface area contributed by atoms with E-state index in [1.807, 2.05) is 56.4 Å². The highest BCUT2D eigenvalue weighted by atomic mass is 16.5. The van der Waals surface area contributed by atoms with Crippen LogP contribution in [-0.4, -0.2) is 17.6 Å². The molecule has 0 saturated heterocycles. The van der Waals surface area contributed by atoms with Crippen LogP contribution in [0.15, 0.2) is 42.5 Å². The average molecular weight is 336 g/mol. The van der Waals surface area contributed by atoms with Crippen LogP contribution in [0.3, 0.4) is 0 Å². The molecule has 0 unspecified atom stereocenters. The maximum absolute atomic E-state index is 12.7. The summed E-state index contributed by atoms with van der Waals surface area (Å²) < 4.78 is 7.55. The second-order valence-corrected chi connectivity index (χ2v) is 6.44. The molecule has 4 heteroatoms. The van der Waals surface area contributed by atoms with Crippen LogP contribution in [0, 0.1) is 13.8 Å². The van der Waals surface area contributed by atoms with Crippen LogP contribution in [0.5, 0.6) is 5.75 Å². The average Bonchev–Trinajstić information content (AvgIpc) is 2.85. The zero-order valence-electron chi connectivity index (χ0n) is 15.4. The van der Waals surface area contributed by atoms with Gasteiger partial charge in [-0.2, -0.15) is 0 Å². The molecule has 4 nitrogen and oxygen atoms in total. The Morgan fingerprint density at radius 2 is 1.88 bits per heavy atom. The maximum atomic E-state index is 12.7. The van der Waals surface area contributed by atoms with Gasteiger partial charge in [0.2, 0.25) is 0 Å². The van der Waals surface area contributed by atoms with E-state index in [1.165, 1.54) is 11.3 Å². The number of aryl methyl sites for hydroxylation is 2. The van der Waals surface area contributed by atoms with Crippen molar-refractivity contribution in [2.45, 2.75) is 26.8 Å². The van der Waals surface area contributed by atoms with Gasteiger partial charge in [0.15, 0.2) is 0 Å². The molecule has 0 aliphatic carbocycles. The van der Waals surface area contributed by atoms with Crippen LogP contribution in [0.25, 0.3) is 10.9 Å². The fourth-order valence-corrected chi connectivity index (χ4v) is 3.28. The molecule has 3 aromatic rings. The molecule has 0 saturated carbocycles. The van der Waals surface area contributed by atoms with E-state index in [0.717, 1.165) is 22.2 Å². The topological polar surface area (TPSA) is 43.3 Å². The van der Waals surface area contributed by atoms with E-state index in [-0.39, 0.29) is 11.9 Å². The fourth-order valence-electron chi connectivity index (χ4n) is 3.28. The lowest BCUT2D eigenvalue weighted by Gasteiger charge is -2.17. The van der Waals surface area contributed by atoms with E-state index in [4.69, 9.17) is 4.74 Å². The smallest absolute Gasteiger partial charge is 0.251 e. The van der Waals surface area contributed by atoms with Gasteiger partial charge >= 0.3 is 0 Å². The second kappa shape index (κ2) is 6.63. The molecular weight excluding hydrogens is 312 g/mol. The number of benzene rings is 2. The molecule has 1 aromatic heterocycles. The third-order valence-electron chi connectivity index (χ3n) is 5.02. The molecule has 25 heavy (non-hydrogen) atoms. The molecule has 0 fully saturated rings. The van der Waals surface area contributed by atoms with Crippen LogP contribution in [0.1, 0.15) is 40.1 Å². The quantitative estimate of drug-likeness (QED) is 0.772. The zero-order chi connectivity index (χ0) is 18.1. The number of para-hydroxylation sites is 1. The standard InChI is InChI=1S/C21H24N2O2/c1-13-15(3)23(4)19-11-10-16(12-18(13)19)21(24)22-14(2)17-8-6-7-9-20(17)25-5/h6-12,14H,1-5H3,(H,22,24)/t14-/m0/s1. The van der Waals surface area contributed by atoms with E-state index in [0.29, 0.717) is 5.56 Å². The summed E-state index contributed by atoms with van der Waals surface area (Å²) in [5.41, 5.74) is 5.21. The van der Waals surface area contributed by atoms with Crippen LogP contribution in [-0.2, 0) is 7.05 Å². The molecule has 0 spiro atoms. The highest BCUT2D eigenvalue weighted by Gasteiger charge is 2.16. The molecule has 0 bridgehead atoms. The molecule has 1 amide bonds. The number of nitrogens with zero attached hydrogens (tertiary/aromatic N) is 1. The minimum atomic E-state index is -0.141. The van der Waals surface area contributed by atoms with Crippen LogP contribution in [0.4, 0.5) is 0 Å². The van der Waals surface area contributed by atoms with Crippen LogP contribution in [0.2, 0.25) is 0 Å². The van der Waals surface area contributed by atoms with Gasteiger partial charge in [-0.05, 0) is 50.6 Å². The number of fused-ring (bicyclic) bond motifs is 1. The van der Waals surface area contributed by atoms with Crippen molar-refractivity contribution in [3.05, 3.63) is 64.8 Å². The van der Waals surface area contributed by atoms with Gasteiger partial charge in [-0.3, -0.25) is 4.79 Å². The molecule has 3 rings (SSSR count). The predicted molar refractivity (Wildman–Crippen MR) is 101 cm³/mol.